The van der Waals surface area contributed by atoms with Gasteiger partial charge in [-0.15, -0.1) is 0 Å². The number of carbonyl (C=O) groups is 1. The molecule has 0 spiro atoms. The van der Waals surface area contributed by atoms with Gasteiger partial charge in [0.15, 0.2) is 6.61 Å². The molecule has 3 aromatic carbocycles. The third-order valence-corrected chi connectivity index (χ3v) is 7.99. The number of nitrogens with zero attached hydrogens (tertiary/aromatic N) is 2. The average molecular weight is 494 g/mol. The lowest BCUT2D eigenvalue weighted by atomic mass is 10.1. The number of sulfone groups is 1. The Hall–Kier alpha value is -3.85. The maximum absolute atomic E-state index is 13.6. The van der Waals surface area contributed by atoms with Crippen molar-refractivity contribution in [1.29, 1.82) is 0 Å². The molecule has 1 heterocycles. The van der Waals surface area contributed by atoms with E-state index >= 15 is 0 Å². The molecule has 8 nitrogen and oxygen atoms in total. The van der Waals surface area contributed by atoms with Gasteiger partial charge in [-0.1, -0.05) is 29.8 Å². The van der Waals surface area contributed by atoms with Gasteiger partial charge in [0.1, 0.15) is 5.75 Å². The zero-order chi connectivity index (χ0) is 25.5. The van der Waals surface area contributed by atoms with E-state index in [1.807, 2.05) is 32.9 Å². The minimum Gasteiger partial charge on any atom is -0.483 e. The molecule has 0 unspecified atom stereocenters. The van der Waals surface area contributed by atoms with Gasteiger partial charge in [-0.05, 0) is 62.2 Å². The number of fused-ring (bicyclic) bond motifs is 1. The number of amides is 1. The van der Waals surface area contributed by atoms with E-state index in [-0.39, 0.29) is 27.8 Å². The Morgan fingerprint density at radius 2 is 1.57 bits per heavy atom. The van der Waals surface area contributed by atoms with Crippen LogP contribution in [0.1, 0.15) is 16.7 Å². The molecule has 0 fully saturated rings. The van der Waals surface area contributed by atoms with Crippen LogP contribution in [0, 0.1) is 20.8 Å². The monoisotopic (exact) mass is 493 g/mol. The van der Waals surface area contributed by atoms with E-state index in [1.165, 1.54) is 33.4 Å². The van der Waals surface area contributed by atoms with Crippen LogP contribution in [0.3, 0.4) is 0 Å². The summed E-state index contributed by atoms with van der Waals surface area (Å²) in [5.74, 6) is 0.0556. The Morgan fingerprint density at radius 1 is 0.943 bits per heavy atom. The highest BCUT2D eigenvalue weighted by atomic mass is 32.2. The van der Waals surface area contributed by atoms with Crippen molar-refractivity contribution in [3.8, 4) is 5.75 Å². The van der Waals surface area contributed by atoms with Gasteiger partial charge >= 0.3 is 5.69 Å². The normalized spacial score (nSPS) is 11.6. The van der Waals surface area contributed by atoms with Gasteiger partial charge < -0.3 is 10.1 Å². The van der Waals surface area contributed by atoms with Crippen molar-refractivity contribution in [3.63, 3.8) is 0 Å². The molecule has 4 aromatic rings. The Kier molecular flexibility index (Phi) is 6.29. The van der Waals surface area contributed by atoms with Crippen molar-refractivity contribution < 1.29 is 17.9 Å². The Morgan fingerprint density at radius 3 is 2.23 bits per heavy atom. The predicted octanol–water partition coefficient (Wildman–Crippen LogP) is 3.65. The highest BCUT2D eigenvalue weighted by Gasteiger charge is 2.25. The van der Waals surface area contributed by atoms with Crippen molar-refractivity contribution in [2.45, 2.75) is 30.6 Å². The van der Waals surface area contributed by atoms with Gasteiger partial charge in [0, 0.05) is 14.1 Å². The first-order valence-electron chi connectivity index (χ1n) is 11.0. The van der Waals surface area contributed by atoms with Crippen molar-refractivity contribution >= 4 is 32.5 Å². The molecule has 0 saturated heterocycles. The number of anilines is 1. The van der Waals surface area contributed by atoms with E-state index < -0.39 is 15.7 Å². The van der Waals surface area contributed by atoms with Crippen molar-refractivity contribution in [3.05, 3.63) is 81.8 Å². The molecule has 35 heavy (non-hydrogen) atoms. The number of rotatable bonds is 6. The van der Waals surface area contributed by atoms with Gasteiger partial charge in [-0.2, -0.15) is 0 Å². The molecule has 0 bridgehead atoms. The summed E-state index contributed by atoms with van der Waals surface area (Å²) in [5.41, 5.74) is 3.57. The van der Waals surface area contributed by atoms with E-state index in [4.69, 9.17) is 4.74 Å². The molecule has 1 N–H and O–H groups in total. The Labute approximate surface area is 203 Å². The number of nitrogens with one attached hydrogen (secondary N) is 1. The van der Waals surface area contributed by atoms with Crippen LogP contribution in [-0.4, -0.2) is 30.1 Å². The van der Waals surface area contributed by atoms with Gasteiger partial charge in [0.05, 0.1) is 26.5 Å². The molecular weight excluding hydrogens is 466 g/mol. The quantitative estimate of drug-likeness (QED) is 0.442. The lowest BCUT2D eigenvalue weighted by Gasteiger charge is -2.15. The summed E-state index contributed by atoms with van der Waals surface area (Å²) >= 11 is 0. The second-order valence-corrected chi connectivity index (χ2v) is 10.5. The van der Waals surface area contributed by atoms with Gasteiger partial charge in [0.25, 0.3) is 5.91 Å². The standard InChI is InChI=1S/C26H27N3O5S/c1-16-9-11-19(12-10-16)35(32,33)24-14-22-21(28(4)26(31)29(22)5)13-20(24)27-25(30)15-34-23-8-6-7-17(2)18(23)3/h6-14H,15H2,1-5H3,(H,27,30). The molecule has 0 aliphatic rings. The summed E-state index contributed by atoms with van der Waals surface area (Å²) in [6.45, 7) is 5.41. The van der Waals surface area contributed by atoms with E-state index in [9.17, 15) is 18.0 Å². The predicted molar refractivity (Wildman–Crippen MR) is 135 cm³/mol. The van der Waals surface area contributed by atoms with Crippen molar-refractivity contribution in [1.82, 2.24) is 9.13 Å². The maximum atomic E-state index is 13.6. The molecule has 1 amide bonds. The zero-order valence-corrected chi connectivity index (χ0v) is 21.1. The van der Waals surface area contributed by atoms with E-state index in [0.717, 1.165) is 16.7 Å². The molecule has 0 saturated carbocycles. The van der Waals surface area contributed by atoms with Crippen LogP contribution in [-0.2, 0) is 28.7 Å². The topological polar surface area (TPSA) is 99.4 Å². The lowest BCUT2D eigenvalue weighted by Crippen LogP contribution is -2.22. The lowest BCUT2D eigenvalue weighted by molar-refractivity contribution is -0.118. The van der Waals surface area contributed by atoms with E-state index in [2.05, 4.69) is 5.32 Å². The molecule has 1 aromatic heterocycles. The van der Waals surface area contributed by atoms with Gasteiger partial charge in [0.2, 0.25) is 9.84 Å². The molecule has 0 radical (unpaired) electrons. The third kappa shape index (κ3) is 4.46. The molecule has 0 aliphatic carbocycles. The Bertz CT molecular complexity index is 1610. The Balaban J connectivity index is 1.76. The number of aryl methyl sites for hydroxylation is 4. The molecule has 0 aliphatic heterocycles. The van der Waals surface area contributed by atoms with E-state index in [0.29, 0.717) is 16.8 Å². The number of benzene rings is 3. The second kappa shape index (κ2) is 9.07. The van der Waals surface area contributed by atoms with Crippen LogP contribution in [0.5, 0.6) is 5.75 Å². The molecular formula is C26H27N3O5S. The SMILES string of the molecule is Cc1ccc(S(=O)(=O)c2cc3c(cc2NC(=O)COc2cccc(C)c2C)n(C)c(=O)n3C)cc1. The number of ether oxygens (including phenoxy) is 1. The number of imidazole rings is 1. The van der Waals surface area contributed by atoms with Crippen LogP contribution in [0.25, 0.3) is 11.0 Å². The fourth-order valence-electron chi connectivity index (χ4n) is 3.90. The van der Waals surface area contributed by atoms with Crippen LogP contribution >= 0.6 is 0 Å². The van der Waals surface area contributed by atoms with Crippen LogP contribution < -0.4 is 15.7 Å². The fourth-order valence-corrected chi connectivity index (χ4v) is 5.32. The second-order valence-electron chi connectivity index (χ2n) is 8.59. The highest BCUT2D eigenvalue weighted by Crippen LogP contribution is 2.32. The summed E-state index contributed by atoms with van der Waals surface area (Å²) in [6, 6.07) is 15.0. The molecule has 4 rings (SSSR count). The fraction of sp³-hybridized carbons (Fsp3) is 0.231. The number of carbonyl (C=O) groups excluding carboxylic acids is 1. The van der Waals surface area contributed by atoms with Gasteiger partial charge in [-0.3, -0.25) is 13.9 Å². The summed E-state index contributed by atoms with van der Waals surface area (Å²) in [6.07, 6.45) is 0. The van der Waals surface area contributed by atoms with Crippen LogP contribution in [0.4, 0.5) is 5.69 Å². The third-order valence-electron chi connectivity index (χ3n) is 6.18. The summed E-state index contributed by atoms with van der Waals surface area (Å²) in [4.78, 5) is 25.3. The van der Waals surface area contributed by atoms with Crippen LogP contribution in [0.15, 0.2) is 69.2 Å². The smallest absolute Gasteiger partial charge is 0.328 e. The first kappa shape index (κ1) is 24.3. The molecule has 182 valence electrons. The number of aromatic nitrogens is 2. The van der Waals surface area contributed by atoms with Gasteiger partial charge in [-0.25, -0.2) is 13.2 Å². The summed E-state index contributed by atoms with van der Waals surface area (Å²) < 4.78 is 35.6. The number of hydrogen-bond acceptors (Lipinski definition) is 5. The summed E-state index contributed by atoms with van der Waals surface area (Å²) in [7, 11) is -0.839. The minimum absolute atomic E-state index is 0.0776. The zero-order valence-electron chi connectivity index (χ0n) is 20.2. The van der Waals surface area contributed by atoms with E-state index in [1.54, 1.807) is 32.3 Å². The first-order chi connectivity index (χ1) is 16.5. The maximum Gasteiger partial charge on any atom is 0.328 e. The molecule has 9 heteroatoms. The van der Waals surface area contributed by atoms with Crippen molar-refractivity contribution in [2.75, 3.05) is 11.9 Å². The average Bonchev–Trinajstić information content (AvgIpc) is 3.03. The van der Waals surface area contributed by atoms with Crippen molar-refractivity contribution in [2.24, 2.45) is 14.1 Å². The minimum atomic E-state index is -4.00. The highest BCUT2D eigenvalue weighted by molar-refractivity contribution is 7.91. The first-order valence-corrected chi connectivity index (χ1v) is 12.5. The molecule has 0 atom stereocenters. The largest absolute Gasteiger partial charge is 0.483 e. The number of hydrogen-bond donors (Lipinski definition) is 1. The van der Waals surface area contributed by atoms with Crippen LogP contribution in [0.2, 0.25) is 0 Å². The summed E-state index contributed by atoms with van der Waals surface area (Å²) in [5, 5.41) is 2.68.